The molecule has 1 aliphatic heterocycles. The minimum Gasteiger partial charge on any atom is -0.369 e. The zero-order valence-electron chi connectivity index (χ0n) is 17.2. The first-order valence-corrected chi connectivity index (χ1v) is 10.5. The molecule has 1 saturated heterocycles. The minimum absolute atomic E-state index is 0.0850. The van der Waals surface area contributed by atoms with E-state index in [0.717, 1.165) is 48.3 Å². The molecular weight excluding hydrogens is 372 g/mol. The maximum absolute atomic E-state index is 13.1. The van der Waals surface area contributed by atoms with Crippen molar-refractivity contribution in [3.05, 3.63) is 100 Å². The number of likely N-dealkylation sites (N-methyl/N-ethyl adjacent to an activating group) is 1. The number of anilines is 1. The molecule has 0 amide bonds. The lowest BCUT2D eigenvalue weighted by atomic mass is 9.98. The zero-order chi connectivity index (χ0) is 20.5. The van der Waals surface area contributed by atoms with Gasteiger partial charge in [0.2, 0.25) is 0 Å². The van der Waals surface area contributed by atoms with Crippen LogP contribution in [0.2, 0.25) is 0 Å². The van der Waals surface area contributed by atoms with Crippen molar-refractivity contribution in [2.24, 2.45) is 0 Å². The summed E-state index contributed by atoms with van der Waals surface area (Å²) in [6.45, 7) is 4.10. The number of fused-ring (bicyclic) bond motifs is 1. The van der Waals surface area contributed by atoms with Gasteiger partial charge in [0.05, 0.1) is 17.1 Å². The summed E-state index contributed by atoms with van der Waals surface area (Å²) in [5.41, 5.74) is 5.08. The molecule has 1 aromatic heterocycles. The molecule has 1 N–H and O–H groups in total. The smallest absolute Gasteiger partial charge is 0.327 e. The molecule has 5 rings (SSSR count). The van der Waals surface area contributed by atoms with E-state index in [9.17, 15) is 4.79 Å². The lowest BCUT2D eigenvalue weighted by molar-refractivity contribution is 0.313. The maximum atomic E-state index is 13.1. The number of H-pyrrole nitrogens is 1. The summed E-state index contributed by atoms with van der Waals surface area (Å²) >= 11 is 0. The average Bonchev–Trinajstić information content (AvgIpc) is 3.11. The number of aromatic nitrogens is 2. The van der Waals surface area contributed by atoms with Crippen molar-refractivity contribution in [3.63, 3.8) is 0 Å². The van der Waals surface area contributed by atoms with Crippen LogP contribution in [0, 0.1) is 0 Å². The lowest BCUT2D eigenvalue weighted by Gasteiger charge is -2.34. The molecule has 0 atom stereocenters. The summed E-state index contributed by atoms with van der Waals surface area (Å²) in [7, 11) is 2.16. The van der Waals surface area contributed by atoms with Crippen LogP contribution in [0.3, 0.4) is 0 Å². The average molecular weight is 399 g/mol. The van der Waals surface area contributed by atoms with Gasteiger partial charge in [-0.1, -0.05) is 60.7 Å². The predicted molar refractivity (Wildman–Crippen MR) is 122 cm³/mol. The van der Waals surface area contributed by atoms with Gasteiger partial charge in [0.25, 0.3) is 0 Å². The van der Waals surface area contributed by atoms with E-state index in [-0.39, 0.29) is 11.7 Å². The lowest BCUT2D eigenvalue weighted by Crippen LogP contribution is -2.44. The summed E-state index contributed by atoms with van der Waals surface area (Å²) in [6, 6.07) is 26.6. The Bertz CT molecular complexity index is 1150. The van der Waals surface area contributed by atoms with Gasteiger partial charge >= 0.3 is 5.69 Å². The van der Waals surface area contributed by atoms with Crippen LogP contribution in [-0.2, 0) is 0 Å². The second kappa shape index (κ2) is 7.84. The molecule has 0 radical (unpaired) electrons. The Morgan fingerprint density at radius 2 is 1.40 bits per heavy atom. The Balaban J connectivity index is 1.66. The van der Waals surface area contributed by atoms with Gasteiger partial charge in [-0.25, -0.2) is 4.79 Å². The van der Waals surface area contributed by atoms with Crippen molar-refractivity contribution in [2.45, 2.75) is 6.04 Å². The first kappa shape index (κ1) is 18.7. The molecule has 3 aromatic carbocycles. The molecule has 4 aromatic rings. The minimum atomic E-state index is -0.184. The highest BCUT2D eigenvalue weighted by atomic mass is 16.1. The van der Waals surface area contributed by atoms with E-state index in [1.54, 1.807) is 0 Å². The molecule has 0 saturated carbocycles. The van der Waals surface area contributed by atoms with E-state index in [1.165, 1.54) is 5.69 Å². The van der Waals surface area contributed by atoms with E-state index < -0.39 is 0 Å². The summed E-state index contributed by atoms with van der Waals surface area (Å²) in [6.07, 6.45) is 0. The number of hydrogen-bond acceptors (Lipinski definition) is 3. The highest BCUT2D eigenvalue weighted by Gasteiger charge is 2.22. The number of aromatic amines is 1. The van der Waals surface area contributed by atoms with Crippen LogP contribution < -0.4 is 10.6 Å². The SMILES string of the molecule is CN1CCN(c2ccc3[nH]c(=O)n(C(c4ccccc4)c4ccccc4)c3c2)CC1. The molecule has 0 unspecified atom stereocenters. The number of imidazole rings is 1. The second-order valence-corrected chi connectivity index (χ2v) is 8.02. The predicted octanol–water partition coefficient (Wildman–Crippen LogP) is 3.72. The summed E-state index contributed by atoms with van der Waals surface area (Å²) in [5, 5.41) is 0. The number of piperazine rings is 1. The first-order chi connectivity index (χ1) is 14.7. The zero-order valence-corrected chi connectivity index (χ0v) is 17.2. The van der Waals surface area contributed by atoms with Gasteiger partial charge in [-0.15, -0.1) is 0 Å². The van der Waals surface area contributed by atoms with Crippen LogP contribution in [0.4, 0.5) is 5.69 Å². The molecule has 152 valence electrons. The van der Waals surface area contributed by atoms with Crippen molar-refractivity contribution in [1.82, 2.24) is 14.5 Å². The van der Waals surface area contributed by atoms with Crippen LogP contribution in [-0.4, -0.2) is 47.7 Å². The molecule has 0 aliphatic carbocycles. The van der Waals surface area contributed by atoms with Crippen molar-refractivity contribution >= 4 is 16.7 Å². The van der Waals surface area contributed by atoms with Crippen molar-refractivity contribution < 1.29 is 0 Å². The fourth-order valence-electron chi connectivity index (χ4n) is 4.39. The molecule has 5 heteroatoms. The Morgan fingerprint density at radius 1 is 0.800 bits per heavy atom. The van der Waals surface area contributed by atoms with Gasteiger partial charge in [0.15, 0.2) is 0 Å². The molecule has 0 spiro atoms. The second-order valence-electron chi connectivity index (χ2n) is 8.02. The van der Waals surface area contributed by atoms with E-state index in [0.29, 0.717) is 0 Å². The Labute approximate surface area is 176 Å². The van der Waals surface area contributed by atoms with Gasteiger partial charge in [-0.2, -0.15) is 0 Å². The van der Waals surface area contributed by atoms with Crippen molar-refractivity contribution in [1.29, 1.82) is 0 Å². The van der Waals surface area contributed by atoms with Gasteiger partial charge in [0, 0.05) is 31.9 Å². The first-order valence-electron chi connectivity index (χ1n) is 10.5. The standard InChI is InChI=1S/C25H26N4O/c1-27-14-16-28(17-15-27)21-12-13-22-23(18-21)29(25(30)26-22)24(19-8-4-2-5-9-19)20-10-6-3-7-11-20/h2-13,18,24H,14-17H2,1H3,(H,26,30). The molecule has 30 heavy (non-hydrogen) atoms. The third-order valence-corrected chi connectivity index (χ3v) is 6.06. The van der Waals surface area contributed by atoms with Gasteiger partial charge < -0.3 is 14.8 Å². The van der Waals surface area contributed by atoms with E-state index >= 15 is 0 Å². The fourth-order valence-corrected chi connectivity index (χ4v) is 4.39. The van der Waals surface area contributed by atoms with Crippen LogP contribution in [0.1, 0.15) is 17.2 Å². The number of rotatable bonds is 4. The van der Waals surface area contributed by atoms with Crippen LogP contribution in [0.5, 0.6) is 0 Å². The summed E-state index contributed by atoms with van der Waals surface area (Å²) in [5.74, 6) is 0. The Hall–Kier alpha value is -3.31. The highest BCUT2D eigenvalue weighted by Crippen LogP contribution is 2.30. The quantitative estimate of drug-likeness (QED) is 0.570. The number of nitrogens with zero attached hydrogens (tertiary/aromatic N) is 3. The van der Waals surface area contributed by atoms with Gasteiger partial charge in [0.1, 0.15) is 0 Å². The Morgan fingerprint density at radius 3 is 2.00 bits per heavy atom. The number of benzene rings is 3. The van der Waals surface area contributed by atoms with E-state index in [1.807, 2.05) is 47.0 Å². The normalized spacial score (nSPS) is 15.2. The molecule has 2 heterocycles. The number of nitrogens with one attached hydrogen (secondary N) is 1. The van der Waals surface area contributed by atoms with Crippen molar-refractivity contribution in [3.8, 4) is 0 Å². The van der Waals surface area contributed by atoms with Gasteiger partial charge in [-0.05, 0) is 36.4 Å². The molecule has 0 bridgehead atoms. The summed E-state index contributed by atoms with van der Waals surface area (Å²) in [4.78, 5) is 21.0. The van der Waals surface area contributed by atoms with E-state index in [4.69, 9.17) is 0 Å². The van der Waals surface area contributed by atoms with Crippen LogP contribution in [0.25, 0.3) is 11.0 Å². The molecule has 1 fully saturated rings. The Kier molecular flexibility index (Phi) is 4.89. The van der Waals surface area contributed by atoms with Crippen LogP contribution >= 0.6 is 0 Å². The van der Waals surface area contributed by atoms with E-state index in [2.05, 4.69) is 58.2 Å². The van der Waals surface area contributed by atoms with Crippen LogP contribution in [0.15, 0.2) is 83.7 Å². The number of hydrogen-bond donors (Lipinski definition) is 1. The maximum Gasteiger partial charge on any atom is 0.327 e. The third-order valence-electron chi connectivity index (χ3n) is 6.06. The molecule has 1 aliphatic rings. The highest BCUT2D eigenvalue weighted by molar-refractivity contribution is 5.80. The topological polar surface area (TPSA) is 44.3 Å². The van der Waals surface area contributed by atoms with Crippen molar-refractivity contribution in [2.75, 3.05) is 38.1 Å². The largest absolute Gasteiger partial charge is 0.369 e. The third kappa shape index (κ3) is 3.42. The van der Waals surface area contributed by atoms with Gasteiger partial charge in [-0.3, -0.25) is 4.57 Å². The molecular formula is C25H26N4O. The summed E-state index contributed by atoms with van der Waals surface area (Å²) < 4.78 is 1.90. The monoisotopic (exact) mass is 398 g/mol. The molecule has 5 nitrogen and oxygen atoms in total. The fraction of sp³-hybridized carbons (Fsp3) is 0.240.